The number of allylic oxidation sites excluding steroid dienone is 20. The van der Waals surface area contributed by atoms with Crippen LogP contribution in [0.4, 0.5) is 0 Å². The first-order chi connectivity index (χ1) is 27.2. The molecule has 4 heteroatoms. The maximum atomic E-state index is 13.6. The van der Waals surface area contributed by atoms with Crippen LogP contribution in [0.25, 0.3) is 0 Å². The summed E-state index contributed by atoms with van der Waals surface area (Å²) < 4.78 is 0. The molecule has 4 aliphatic rings. The Morgan fingerprint density at radius 3 is 1.12 bits per heavy atom. The molecule has 0 aromatic heterocycles. The third-order valence-electron chi connectivity index (χ3n) is 13.0. The Hall–Kier alpha value is -3.60. The summed E-state index contributed by atoms with van der Waals surface area (Å²) in [6.45, 7) is 35.1. The zero-order chi connectivity index (χ0) is 42.9. The molecule has 0 radical (unpaired) electrons. The number of ketones is 2. The van der Waals surface area contributed by atoms with Crippen molar-refractivity contribution in [3.05, 3.63) is 130 Å². The fourth-order valence-electron chi connectivity index (χ4n) is 10.1. The molecule has 0 aromatic carbocycles. The van der Waals surface area contributed by atoms with Crippen molar-refractivity contribution < 1.29 is 9.59 Å². The maximum Gasteiger partial charge on any atom is 0.175 e. The summed E-state index contributed by atoms with van der Waals surface area (Å²) in [4.78, 5) is 32.1. The summed E-state index contributed by atoms with van der Waals surface area (Å²) in [6, 6.07) is -0.000320. The molecule has 0 bridgehead atoms. The zero-order valence-electron chi connectivity index (χ0n) is 38.9. The van der Waals surface area contributed by atoms with Crippen molar-refractivity contribution in [3.63, 3.8) is 0 Å². The molecule has 0 saturated carbocycles. The minimum atomic E-state index is -0.0524. The van der Waals surface area contributed by atoms with Crippen LogP contribution in [0.15, 0.2) is 130 Å². The highest BCUT2D eigenvalue weighted by Gasteiger charge is 2.43. The van der Waals surface area contributed by atoms with Crippen molar-refractivity contribution >= 4 is 11.6 Å². The Kier molecular flexibility index (Phi) is 16.7. The van der Waals surface area contributed by atoms with Crippen LogP contribution >= 0.6 is 0 Å². The number of nitrogens with zero attached hydrogens (tertiary/aromatic N) is 2. The predicted octanol–water partition coefficient (Wildman–Crippen LogP) is 12.9. The lowest BCUT2D eigenvalue weighted by Crippen LogP contribution is -2.52. The molecule has 2 heterocycles. The van der Waals surface area contributed by atoms with Gasteiger partial charge in [-0.1, -0.05) is 163 Å². The molecular formula is C54H78N2O2. The summed E-state index contributed by atoms with van der Waals surface area (Å²) in [6.07, 6.45) is 34.0. The van der Waals surface area contributed by atoms with E-state index in [0.717, 1.165) is 61.3 Å². The van der Waals surface area contributed by atoms with Crippen LogP contribution in [-0.2, 0) is 9.59 Å². The molecule has 316 valence electrons. The summed E-state index contributed by atoms with van der Waals surface area (Å²) in [5, 5.41) is 0. The fourth-order valence-corrected chi connectivity index (χ4v) is 10.1. The van der Waals surface area contributed by atoms with E-state index in [0.29, 0.717) is 35.2 Å². The first-order valence-corrected chi connectivity index (χ1v) is 22.3. The minimum Gasteiger partial charge on any atom is -0.293 e. The van der Waals surface area contributed by atoms with E-state index in [2.05, 4.69) is 178 Å². The Labute approximate surface area is 354 Å². The zero-order valence-corrected chi connectivity index (χ0v) is 38.9. The van der Waals surface area contributed by atoms with Crippen molar-refractivity contribution in [1.29, 1.82) is 0 Å². The van der Waals surface area contributed by atoms with E-state index >= 15 is 0 Å². The quantitative estimate of drug-likeness (QED) is 0.185. The molecule has 58 heavy (non-hydrogen) atoms. The lowest BCUT2D eigenvalue weighted by atomic mass is 9.69. The molecule has 2 aliphatic carbocycles. The smallest absolute Gasteiger partial charge is 0.175 e. The predicted molar refractivity (Wildman–Crippen MR) is 250 cm³/mol. The highest BCUT2D eigenvalue weighted by molar-refractivity contribution is 6.02. The van der Waals surface area contributed by atoms with Crippen LogP contribution in [0.1, 0.15) is 123 Å². The third-order valence-corrected chi connectivity index (χ3v) is 13.0. The first-order valence-electron chi connectivity index (χ1n) is 22.3. The van der Waals surface area contributed by atoms with Crippen LogP contribution in [0, 0.1) is 34.5 Å². The van der Waals surface area contributed by atoms with E-state index in [1.807, 2.05) is 13.8 Å². The lowest BCUT2D eigenvalue weighted by molar-refractivity contribution is -0.124. The van der Waals surface area contributed by atoms with Gasteiger partial charge in [0.1, 0.15) is 0 Å². The highest BCUT2D eigenvalue weighted by Crippen LogP contribution is 2.44. The van der Waals surface area contributed by atoms with Gasteiger partial charge in [0.2, 0.25) is 0 Å². The summed E-state index contributed by atoms with van der Waals surface area (Å²) in [5.41, 5.74) is 8.72. The largest absolute Gasteiger partial charge is 0.293 e. The number of rotatable bonds is 12. The van der Waals surface area contributed by atoms with Crippen molar-refractivity contribution in [1.82, 2.24) is 9.80 Å². The Balaban J connectivity index is 1.29. The topological polar surface area (TPSA) is 40.6 Å². The second kappa shape index (κ2) is 20.6. The molecule has 0 N–H and O–H groups in total. The van der Waals surface area contributed by atoms with Gasteiger partial charge in [-0.05, 0) is 124 Å². The average molecular weight is 787 g/mol. The third kappa shape index (κ3) is 12.9. The van der Waals surface area contributed by atoms with Crippen molar-refractivity contribution in [3.8, 4) is 0 Å². The van der Waals surface area contributed by atoms with Gasteiger partial charge < -0.3 is 0 Å². The number of carbonyl (C=O) groups excluding carboxylic acids is 2. The standard InChI is InChI=1S/C54H78N2O2/c1-37(21-17-23-39(3)25-27-47-45(9)51(57)49(31-53(47,11)12)55-33-41(5)29-42(6)34-55)19-15-16-20-38(2)22-18-24-40(4)26-28-48-46(10)52(58)50(32-54(48,13)14)56-35-43(7)30-44(8)36-56/h15-28,41-44,49-50H,29-36H2,1-14H3. The van der Waals surface area contributed by atoms with E-state index in [-0.39, 0.29) is 22.9 Å². The van der Waals surface area contributed by atoms with Crippen LogP contribution < -0.4 is 0 Å². The first kappa shape index (κ1) is 47.1. The summed E-state index contributed by atoms with van der Waals surface area (Å²) in [5.74, 6) is 3.20. The second-order valence-electron chi connectivity index (χ2n) is 20.2. The SMILES string of the molecule is CC(C=CC=C(C)C=CC1=C(C)C(=O)C(N2CC(C)CC(C)C2)CC1(C)C)=CC=CC=C(C)C=CC=C(C)C=CC1=C(C)C(=O)C(N2CC(C)CC(C)C2)CC1(C)C. The maximum absolute atomic E-state index is 13.6. The van der Waals surface area contributed by atoms with Gasteiger partial charge >= 0.3 is 0 Å². The van der Waals surface area contributed by atoms with Gasteiger partial charge in [0.05, 0.1) is 12.1 Å². The van der Waals surface area contributed by atoms with Gasteiger partial charge in [-0.3, -0.25) is 19.4 Å². The van der Waals surface area contributed by atoms with Gasteiger partial charge in [0, 0.05) is 26.2 Å². The van der Waals surface area contributed by atoms with Gasteiger partial charge in [-0.2, -0.15) is 0 Å². The summed E-state index contributed by atoms with van der Waals surface area (Å²) in [7, 11) is 0. The molecule has 2 saturated heterocycles. The van der Waals surface area contributed by atoms with Gasteiger partial charge in [-0.15, -0.1) is 0 Å². The molecule has 6 unspecified atom stereocenters. The number of hydrogen-bond acceptors (Lipinski definition) is 4. The molecule has 0 aromatic rings. The van der Waals surface area contributed by atoms with Crippen molar-refractivity contribution in [2.24, 2.45) is 34.5 Å². The van der Waals surface area contributed by atoms with Crippen molar-refractivity contribution in [2.75, 3.05) is 26.2 Å². The van der Waals surface area contributed by atoms with E-state index < -0.39 is 0 Å². The van der Waals surface area contributed by atoms with Crippen molar-refractivity contribution in [2.45, 2.75) is 135 Å². The number of hydrogen-bond donors (Lipinski definition) is 0. The van der Waals surface area contributed by atoms with Gasteiger partial charge in [0.15, 0.2) is 11.6 Å². The van der Waals surface area contributed by atoms with Gasteiger partial charge in [0.25, 0.3) is 0 Å². The van der Waals surface area contributed by atoms with E-state index in [1.165, 1.54) is 35.1 Å². The van der Waals surface area contributed by atoms with Crippen LogP contribution in [0.5, 0.6) is 0 Å². The Morgan fingerprint density at radius 1 is 0.500 bits per heavy atom. The monoisotopic (exact) mass is 787 g/mol. The minimum absolute atomic E-state index is 0.000160. The number of likely N-dealkylation sites (tertiary alicyclic amines) is 2. The second-order valence-corrected chi connectivity index (χ2v) is 20.2. The number of piperidine rings is 2. The Morgan fingerprint density at radius 2 is 0.793 bits per heavy atom. The Bertz CT molecular complexity index is 1710. The van der Waals surface area contributed by atoms with Crippen LogP contribution in [0.2, 0.25) is 0 Å². The lowest BCUT2D eigenvalue weighted by Gasteiger charge is -2.45. The fraction of sp³-hybridized carbons (Fsp3) is 0.556. The van der Waals surface area contributed by atoms with E-state index in [9.17, 15) is 9.59 Å². The number of Topliss-reactive ketones (excluding diaryl/α,β-unsaturated/α-hetero) is 2. The molecule has 6 atom stereocenters. The van der Waals surface area contributed by atoms with E-state index in [1.54, 1.807) is 0 Å². The molecule has 0 spiro atoms. The van der Waals surface area contributed by atoms with Gasteiger partial charge in [-0.25, -0.2) is 0 Å². The average Bonchev–Trinajstić information content (AvgIpc) is 3.12. The van der Waals surface area contributed by atoms with Crippen LogP contribution in [0.3, 0.4) is 0 Å². The van der Waals surface area contributed by atoms with Crippen LogP contribution in [-0.4, -0.2) is 59.6 Å². The molecule has 4 rings (SSSR count). The molecule has 4 nitrogen and oxygen atoms in total. The number of carbonyl (C=O) groups is 2. The molecule has 2 fully saturated rings. The summed E-state index contributed by atoms with van der Waals surface area (Å²) >= 11 is 0. The normalized spacial score (nSPS) is 30.5. The molecular weight excluding hydrogens is 709 g/mol. The van der Waals surface area contributed by atoms with E-state index in [4.69, 9.17) is 0 Å². The molecule has 0 amide bonds. The molecule has 2 aliphatic heterocycles. The highest BCUT2D eigenvalue weighted by atomic mass is 16.1.